The van der Waals surface area contributed by atoms with Crippen LogP contribution in [0.1, 0.15) is 25.8 Å². The molecule has 0 aromatic heterocycles. The fourth-order valence-corrected chi connectivity index (χ4v) is 3.62. The van der Waals surface area contributed by atoms with Gasteiger partial charge < -0.3 is 20.3 Å². The Morgan fingerprint density at radius 2 is 1.92 bits per heavy atom. The minimum absolute atomic E-state index is 0.129. The molecule has 0 saturated heterocycles. The van der Waals surface area contributed by atoms with E-state index in [0.717, 1.165) is 5.56 Å². The molecule has 8 heteroatoms. The molecular weight excluding hydrogens is 334 g/mol. The first-order valence-electron chi connectivity index (χ1n) is 7.62. The maximum atomic E-state index is 11.8. The van der Waals surface area contributed by atoms with Gasteiger partial charge in [-0.3, -0.25) is 0 Å². The lowest BCUT2D eigenvalue weighted by Crippen LogP contribution is -2.45. The van der Waals surface area contributed by atoms with Gasteiger partial charge in [0, 0.05) is 5.54 Å². The molecule has 3 N–H and O–H groups in total. The first kappa shape index (κ1) is 20.4. The van der Waals surface area contributed by atoms with Crippen molar-refractivity contribution in [2.75, 3.05) is 18.1 Å². The highest BCUT2D eigenvalue weighted by molar-refractivity contribution is 7.91. The van der Waals surface area contributed by atoms with Crippen LogP contribution in [0.3, 0.4) is 0 Å². The van der Waals surface area contributed by atoms with E-state index in [1.165, 1.54) is 0 Å². The molecule has 0 radical (unpaired) electrons. The van der Waals surface area contributed by atoms with Crippen LogP contribution in [0.15, 0.2) is 30.3 Å². The molecule has 7 nitrogen and oxygen atoms in total. The Labute approximate surface area is 142 Å². The Bertz CT molecular complexity index is 615. The molecule has 0 bridgehead atoms. The van der Waals surface area contributed by atoms with Crippen molar-refractivity contribution in [3.8, 4) is 0 Å². The number of nitrogens with one attached hydrogen (secondary N) is 1. The number of alkyl carbamates (subject to hydrolysis) is 1. The molecule has 0 aliphatic carbocycles. The quantitative estimate of drug-likeness (QED) is 0.602. The monoisotopic (exact) mass is 359 g/mol. The molecule has 0 spiro atoms. The number of sulfone groups is 1. The SMILES string of the molecule is CC(C)(CCS(=O)(=O)C[C@H](O)CO)NC(=O)OCc1ccccc1. The summed E-state index contributed by atoms with van der Waals surface area (Å²) in [6.07, 6.45) is -1.76. The number of carbonyl (C=O) groups is 1. The lowest BCUT2D eigenvalue weighted by Gasteiger charge is -2.26. The second-order valence-corrected chi connectivity index (χ2v) is 8.50. The van der Waals surface area contributed by atoms with E-state index in [1.807, 2.05) is 30.3 Å². The number of ether oxygens (including phenoxy) is 1. The summed E-state index contributed by atoms with van der Waals surface area (Å²) in [5.74, 6) is -0.714. The number of aliphatic hydroxyl groups excluding tert-OH is 2. The molecular formula is C16H25NO6S. The van der Waals surface area contributed by atoms with E-state index in [2.05, 4.69) is 5.32 Å². The van der Waals surface area contributed by atoms with Gasteiger partial charge >= 0.3 is 6.09 Å². The van der Waals surface area contributed by atoms with Crippen molar-refractivity contribution in [1.82, 2.24) is 5.32 Å². The highest BCUT2D eigenvalue weighted by Crippen LogP contribution is 2.12. The van der Waals surface area contributed by atoms with Gasteiger partial charge in [-0.2, -0.15) is 0 Å². The maximum Gasteiger partial charge on any atom is 0.407 e. The van der Waals surface area contributed by atoms with Crippen molar-refractivity contribution in [2.45, 2.75) is 38.5 Å². The highest BCUT2D eigenvalue weighted by Gasteiger charge is 2.25. The van der Waals surface area contributed by atoms with Crippen LogP contribution in [0.2, 0.25) is 0 Å². The average molecular weight is 359 g/mol. The molecule has 1 rings (SSSR count). The van der Waals surface area contributed by atoms with Crippen LogP contribution < -0.4 is 5.32 Å². The van der Waals surface area contributed by atoms with Gasteiger partial charge in [0.15, 0.2) is 9.84 Å². The van der Waals surface area contributed by atoms with Crippen molar-refractivity contribution >= 4 is 15.9 Å². The van der Waals surface area contributed by atoms with Crippen molar-refractivity contribution in [3.63, 3.8) is 0 Å². The molecule has 24 heavy (non-hydrogen) atoms. The number of benzene rings is 1. The number of aliphatic hydroxyl groups is 2. The normalized spacial score (nSPS) is 13.3. The van der Waals surface area contributed by atoms with E-state index in [0.29, 0.717) is 0 Å². The molecule has 0 fully saturated rings. The third-order valence-electron chi connectivity index (χ3n) is 3.35. The van der Waals surface area contributed by atoms with Crippen LogP contribution in [0.25, 0.3) is 0 Å². The van der Waals surface area contributed by atoms with Crippen LogP contribution in [-0.2, 0) is 21.2 Å². The predicted octanol–water partition coefficient (Wildman–Crippen LogP) is 0.849. The summed E-state index contributed by atoms with van der Waals surface area (Å²) in [6.45, 7) is 2.90. The fraction of sp³-hybridized carbons (Fsp3) is 0.562. The van der Waals surface area contributed by atoms with Crippen molar-refractivity contribution in [3.05, 3.63) is 35.9 Å². The molecule has 1 atom stereocenters. The summed E-state index contributed by atoms with van der Waals surface area (Å²) in [6, 6.07) is 9.20. The van der Waals surface area contributed by atoms with Gasteiger partial charge in [-0.15, -0.1) is 0 Å². The van der Waals surface area contributed by atoms with Crippen molar-refractivity contribution in [1.29, 1.82) is 0 Å². The van der Waals surface area contributed by atoms with Gasteiger partial charge in [0.05, 0.1) is 24.2 Å². The van der Waals surface area contributed by atoms with Crippen molar-refractivity contribution < 1.29 is 28.2 Å². The zero-order valence-electron chi connectivity index (χ0n) is 13.9. The summed E-state index contributed by atoms with van der Waals surface area (Å²) in [5.41, 5.74) is 0.0661. The minimum atomic E-state index is -3.52. The number of hydrogen-bond acceptors (Lipinski definition) is 6. The Morgan fingerprint density at radius 3 is 2.50 bits per heavy atom. The molecule has 1 aromatic rings. The van der Waals surface area contributed by atoms with E-state index in [-0.39, 0.29) is 18.8 Å². The summed E-state index contributed by atoms with van der Waals surface area (Å²) >= 11 is 0. The van der Waals surface area contributed by atoms with Gasteiger partial charge in [-0.1, -0.05) is 30.3 Å². The largest absolute Gasteiger partial charge is 0.445 e. The number of hydrogen-bond donors (Lipinski definition) is 3. The molecule has 0 unspecified atom stereocenters. The minimum Gasteiger partial charge on any atom is -0.445 e. The zero-order valence-corrected chi connectivity index (χ0v) is 14.8. The van der Waals surface area contributed by atoms with Crippen LogP contribution in [0, 0.1) is 0 Å². The van der Waals surface area contributed by atoms with Gasteiger partial charge in [-0.25, -0.2) is 13.2 Å². The second-order valence-electron chi connectivity index (χ2n) is 6.27. The molecule has 0 aliphatic heterocycles. The average Bonchev–Trinajstić information content (AvgIpc) is 2.51. The third-order valence-corrected chi connectivity index (χ3v) is 5.07. The number of rotatable bonds is 9. The topological polar surface area (TPSA) is 113 Å². The molecule has 0 saturated carbocycles. The molecule has 1 amide bonds. The fourth-order valence-electron chi connectivity index (χ4n) is 1.94. The Balaban J connectivity index is 2.43. The van der Waals surface area contributed by atoms with Crippen molar-refractivity contribution in [2.24, 2.45) is 0 Å². The van der Waals surface area contributed by atoms with Gasteiger partial charge in [0.25, 0.3) is 0 Å². The zero-order chi connectivity index (χ0) is 18.2. The molecule has 0 aliphatic rings. The highest BCUT2D eigenvalue weighted by atomic mass is 32.2. The van der Waals surface area contributed by atoms with Crippen LogP contribution in [0.4, 0.5) is 4.79 Å². The Kier molecular flexibility index (Phi) is 7.65. The van der Waals surface area contributed by atoms with E-state index in [1.54, 1.807) is 13.8 Å². The first-order chi connectivity index (χ1) is 11.1. The van der Waals surface area contributed by atoms with Gasteiger partial charge in [0.2, 0.25) is 0 Å². The maximum absolute atomic E-state index is 11.8. The molecule has 136 valence electrons. The van der Waals surface area contributed by atoms with E-state index < -0.39 is 39.9 Å². The molecule has 0 heterocycles. The Morgan fingerprint density at radius 1 is 1.29 bits per heavy atom. The number of carbonyl (C=O) groups excluding carboxylic acids is 1. The number of amides is 1. The first-order valence-corrected chi connectivity index (χ1v) is 9.44. The lowest BCUT2D eigenvalue weighted by molar-refractivity contribution is 0.112. The second kappa shape index (κ2) is 9.00. The lowest BCUT2D eigenvalue weighted by atomic mass is 10.0. The summed E-state index contributed by atoms with van der Waals surface area (Å²) in [7, 11) is -3.52. The third kappa shape index (κ3) is 8.28. The standard InChI is InChI=1S/C16H25NO6S/c1-16(2,8-9-24(21,22)12-14(19)10-18)17-15(20)23-11-13-6-4-3-5-7-13/h3-7,14,18-19H,8-12H2,1-2H3,(H,17,20)/t14-/m1/s1. The summed E-state index contributed by atoms with van der Waals surface area (Å²) < 4.78 is 28.8. The molecule has 1 aromatic carbocycles. The van der Waals surface area contributed by atoms with Crippen LogP contribution in [-0.4, -0.2) is 54.5 Å². The van der Waals surface area contributed by atoms with Crippen LogP contribution >= 0.6 is 0 Å². The van der Waals surface area contributed by atoms with E-state index in [9.17, 15) is 18.3 Å². The van der Waals surface area contributed by atoms with Gasteiger partial charge in [0.1, 0.15) is 6.61 Å². The smallest absolute Gasteiger partial charge is 0.407 e. The summed E-state index contributed by atoms with van der Waals surface area (Å²) in [4.78, 5) is 11.8. The Hall–Kier alpha value is -1.64. The van der Waals surface area contributed by atoms with Crippen LogP contribution in [0.5, 0.6) is 0 Å². The summed E-state index contributed by atoms with van der Waals surface area (Å²) in [5, 5.41) is 20.6. The van der Waals surface area contributed by atoms with E-state index in [4.69, 9.17) is 9.84 Å². The predicted molar refractivity (Wildman–Crippen MR) is 90.2 cm³/mol. The van der Waals surface area contributed by atoms with Gasteiger partial charge in [-0.05, 0) is 25.8 Å². The van der Waals surface area contributed by atoms with E-state index >= 15 is 0 Å².